The molecule has 0 saturated heterocycles. The van der Waals surface area contributed by atoms with Gasteiger partial charge < -0.3 is 37.9 Å². The second kappa shape index (κ2) is 19.7. The predicted molar refractivity (Wildman–Crippen MR) is 149 cm³/mol. The highest BCUT2D eigenvalue weighted by molar-refractivity contribution is 5.87. The summed E-state index contributed by atoms with van der Waals surface area (Å²) in [5.74, 6) is 2.20. The van der Waals surface area contributed by atoms with Crippen LogP contribution in [0.25, 0.3) is 6.08 Å². The standard InChI is InChI=1S/C30H42O9/c1-5-7-15-36-29-21-24(9-13-30(31)38-20-19-34-6-2)8-12-27(29)37-16-14-25-10-11-26(22-28(25)33-4)39-23-35-18-17-32-3/h8-13,21-22H,5-7,14-20,23H2,1-4H3/b13-9-. The molecular formula is C30H42O9. The molecule has 9 heteroatoms. The van der Waals surface area contributed by atoms with E-state index in [0.717, 1.165) is 24.0 Å². The topological polar surface area (TPSA) is 90.9 Å². The number of unbranched alkanes of at least 4 members (excludes halogenated alkanes) is 1. The summed E-state index contributed by atoms with van der Waals surface area (Å²) in [6.07, 6.45) is 5.65. The lowest BCUT2D eigenvalue weighted by atomic mass is 10.1. The Morgan fingerprint density at radius 1 is 0.795 bits per heavy atom. The molecule has 0 aliphatic heterocycles. The van der Waals surface area contributed by atoms with E-state index in [1.165, 1.54) is 6.08 Å². The predicted octanol–water partition coefficient (Wildman–Crippen LogP) is 5.09. The van der Waals surface area contributed by atoms with Crippen molar-refractivity contribution < 1.29 is 42.7 Å². The molecule has 39 heavy (non-hydrogen) atoms. The molecule has 0 amide bonds. The van der Waals surface area contributed by atoms with Gasteiger partial charge in [0.2, 0.25) is 0 Å². The van der Waals surface area contributed by atoms with Gasteiger partial charge in [-0.15, -0.1) is 0 Å². The summed E-state index contributed by atoms with van der Waals surface area (Å²) in [6.45, 7) is 7.29. The first-order valence-electron chi connectivity index (χ1n) is 13.3. The van der Waals surface area contributed by atoms with E-state index < -0.39 is 5.97 Å². The molecule has 0 aliphatic rings. The molecule has 0 fully saturated rings. The van der Waals surface area contributed by atoms with Gasteiger partial charge in [-0.1, -0.05) is 25.5 Å². The molecule has 216 valence electrons. The average molecular weight is 547 g/mol. The van der Waals surface area contributed by atoms with Gasteiger partial charge in [0, 0.05) is 32.3 Å². The van der Waals surface area contributed by atoms with E-state index >= 15 is 0 Å². The molecule has 0 heterocycles. The van der Waals surface area contributed by atoms with Crippen LogP contribution in [-0.4, -0.2) is 73.2 Å². The van der Waals surface area contributed by atoms with Crippen molar-refractivity contribution in [2.75, 3.05) is 67.3 Å². The third-order valence-electron chi connectivity index (χ3n) is 5.44. The second-order valence-corrected chi connectivity index (χ2v) is 8.34. The van der Waals surface area contributed by atoms with Crippen molar-refractivity contribution in [2.24, 2.45) is 0 Å². The van der Waals surface area contributed by atoms with Gasteiger partial charge in [-0.3, -0.25) is 0 Å². The molecule has 0 spiro atoms. The lowest BCUT2D eigenvalue weighted by molar-refractivity contribution is -0.139. The SMILES string of the molecule is CCCCOc1cc(/C=C\C(=O)OCCOCC)ccc1OCCc1ccc(OCOCCOC)cc1OC. The quantitative estimate of drug-likeness (QED) is 0.0919. The molecule has 0 aromatic heterocycles. The van der Waals surface area contributed by atoms with Crippen LogP contribution >= 0.6 is 0 Å². The van der Waals surface area contributed by atoms with Crippen LogP contribution in [0.4, 0.5) is 0 Å². The first-order valence-corrected chi connectivity index (χ1v) is 13.3. The Morgan fingerprint density at radius 3 is 2.38 bits per heavy atom. The van der Waals surface area contributed by atoms with Crippen molar-refractivity contribution in [3.05, 3.63) is 53.6 Å². The Kier molecular flexibility index (Phi) is 16.2. The van der Waals surface area contributed by atoms with Gasteiger partial charge >= 0.3 is 5.97 Å². The number of carbonyl (C=O) groups is 1. The summed E-state index contributed by atoms with van der Waals surface area (Å²) >= 11 is 0. The van der Waals surface area contributed by atoms with Crippen molar-refractivity contribution in [2.45, 2.75) is 33.1 Å². The Labute approximate surface area is 231 Å². The van der Waals surface area contributed by atoms with E-state index in [1.807, 2.05) is 43.3 Å². The highest BCUT2D eigenvalue weighted by Gasteiger charge is 2.10. The third-order valence-corrected chi connectivity index (χ3v) is 5.44. The van der Waals surface area contributed by atoms with Gasteiger partial charge in [-0.05, 0) is 48.7 Å². The lowest BCUT2D eigenvalue weighted by Gasteiger charge is -2.15. The Morgan fingerprint density at radius 2 is 1.62 bits per heavy atom. The number of carbonyl (C=O) groups excluding carboxylic acids is 1. The zero-order valence-corrected chi connectivity index (χ0v) is 23.6. The van der Waals surface area contributed by atoms with E-state index in [4.69, 9.17) is 37.9 Å². The summed E-state index contributed by atoms with van der Waals surface area (Å²) in [4.78, 5) is 11.9. The van der Waals surface area contributed by atoms with E-state index in [1.54, 1.807) is 20.3 Å². The first kappa shape index (κ1) is 31.9. The summed E-state index contributed by atoms with van der Waals surface area (Å²) in [6, 6.07) is 11.2. The maximum Gasteiger partial charge on any atom is 0.330 e. The summed E-state index contributed by atoms with van der Waals surface area (Å²) in [5.41, 5.74) is 1.79. The Balaban J connectivity index is 1.97. The maximum atomic E-state index is 11.9. The van der Waals surface area contributed by atoms with E-state index in [-0.39, 0.29) is 13.4 Å². The van der Waals surface area contributed by atoms with Crippen LogP contribution in [0, 0.1) is 0 Å². The molecule has 0 aliphatic carbocycles. The Bertz CT molecular complexity index is 990. The van der Waals surface area contributed by atoms with Crippen LogP contribution < -0.4 is 18.9 Å². The zero-order chi connectivity index (χ0) is 28.1. The van der Waals surface area contributed by atoms with Gasteiger partial charge in [-0.2, -0.15) is 0 Å². The fourth-order valence-corrected chi connectivity index (χ4v) is 3.35. The van der Waals surface area contributed by atoms with Gasteiger partial charge in [-0.25, -0.2) is 4.79 Å². The van der Waals surface area contributed by atoms with Crippen molar-refractivity contribution in [3.63, 3.8) is 0 Å². The van der Waals surface area contributed by atoms with Crippen molar-refractivity contribution in [1.29, 1.82) is 0 Å². The zero-order valence-electron chi connectivity index (χ0n) is 23.6. The summed E-state index contributed by atoms with van der Waals surface area (Å²) in [7, 11) is 3.25. The highest BCUT2D eigenvalue weighted by atomic mass is 16.7. The molecule has 2 aromatic carbocycles. The second-order valence-electron chi connectivity index (χ2n) is 8.34. The van der Waals surface area contributed by atoms with Crippen LogP contribution in [-0.2, 0) is 30.2 Å². The van der Waals surface area contributed by atoms with E-state index in [2.05, 4.69) is 6.92 Å². The van der Waals surface area contributed by atoms with Gasteiger partial charge in [0.25, 0.3) is 0 Å². The first-order chi connectivity index (χ1) is 19.1. The lowest BCUT2D eigenvalue weighted by Crippen LogP contribution is -2.08. The van der Waals surface area contributed by atoms with Gasteiger partial charge in [0.05, 0.1) is 40.1 Å². The molecule has 0 radical (unpaired) electrons. The minimum absolute atomic E-state index is 0.135. The Hall–Kier alpha value is -3.27. The monoisotopic (exact) mass is 546 g/mol. The van der Waals surface area contributed by atoms with Crippen LogP contribution in [0.2, 0.25) is 0 Å². The number of ether oxygens (including phenoxy) is 8. The fraction of sp³-hybridized carbons (Fsp3) is 0.500. The third kappa shape index (κ3) is 12.9. The normalized spacial score (nSPS) is 11.0. The summed E-state index contributed by atoms with van der Waals surface area (Å²) < 4.78 is 43.8. The molecule has 9 nitrogen and oxygen atoms in total. The number of rotatable bonds is 21. The maximum absolute atomic E-state index is 11.9. The summed E-state index contributed by atoms with van der Waals surface area (Å²) in [5, 5.41) is 0. The minimum atomic E-state index is -0.424. The number of methoxy groups -OCH3 is 2. The number of hydrogen-bond acceptors (Lipinski definition) is 9. The van der Waals surface area contributed by atoms with Gasteiger partial charge in [0.1, 0.15) is 18.1 Å². The van der Waals surface area contributed by atoms with Crippen LogP contribution in [0.3, 0.4) is 0 Å². The van der Waals surface area contributed by atoms with Crippen LogP contribution in [0.1, 0.15) is 37.8 Å². The number of benzene rings is 2. The molecular weight excluding hydrogens is 504 g/mol. The van der Waals surface area contributed by atoms with Crippen LogP contribution in [0.5, 0.6) is 23.0 Å². The largest absolute Gasteiger partial charge is 0.496 e. The smallest absolute Gasteiger partial charge is 0.330 e. The molecule has 2 aromatic rings. The van der Waals surface area contributed by atoms with Gasteiger partial charge in [0.15, 0.2) is 18.3 Å². The molecule has 0 saturated carbocycles. The number of esters is 1. The van der Waals surface area contributed by atoms with Crippen molar-refractivity contribution in [1.82, 2.24) is 0 Å². The molecule has 0 unspecified atom stereocenters. The highest BCUT2D eigenvalue weighted by Crippen LogP contribution is 2.30. The number of hydrogen-bond donors (Lipinski definition) is 0. The molecule has 2 rings (SSSR count). The molecule has 0 atom stereocenters. The van der Waals surface area contributed by atoms with Crippen molar-refractivity contribution in [3.8, 4) is 23.0 Å². The average Bonchev–Trinajstić information content (AvgIpc) is 2.95. The molecule has 0 bridgehead atoms. The fourth-order valence-electron chi connectivity index (χ4n) is 3.35. The van der Waals surface area contributed by atoms with E-state index in [9.17, 15) is 4.79 Å². The van der Waals surface area contributed by atoms with Crippen molar-refractivity contribution >= 4 is 12.0 Å². The van der Waals surface area contributed by atoms with E-state index in [0.29, 0.717) is 69.1 Å². The molecule has 0 N–H and O–H groups in total. The minimum Gasteiger partial charge on any atom is -0.496 e. The van der Waals surface area contributed by atoms with Crippen LogP contribution in [0.15, 0.2) is 42.5 Å².